The van der Waals surface area contributed by atoms with Crippen LogP contribution in [0.2, 0.25) is 0 Å². The fourth-order valence-corrected chi connectivity index (χ4v) is 4.25. The maximum atomic E-state index is 12.8. The summed E-state index contributed by atoms with van der Waals surface area (Å²) < 4.78 is 10.5. The highest BCUT2D eigenvalue weighted by Crippen LogP contribution is 2.29. The third kappa shape index (κ3) is 4.52. The van der Waals surface area contributed by atoms with Crippen molar-refractivity contribution >= 4 is 23.2 Å². The molecule has 1 aliphatic heterocycles. The van der Waals surface area contributed by atoms with E-state index in [9.17, 15) is 9.59 Å². The van der Waals surface area contributed by atoms with Gasteiger partial charge in [-0.2, -0.15) is 0 Å². The largest absolute Gasteiger partial charge is 0.491 e. The number of aromatic nitrogens is 1. The normalized spacial score (nSPS) is 19.5. The van der Waals surface area contributed by atoms with Gasteiger partial charge in [0, 0.05) is 24.0 Å². The highest BCUT2D eigenvalue weighted by atomic mass is 32.1. The van der Waals surface area contributed by atoms with E-state index in [4.69, 9.17) is 9.47 Å². The van der Waals surface area contributed by atoms with E-state index >= 15 is 0 Å². The topological polar surface area (TPSA) is 68.7 Å². The lowest BCUT2D eigenvalue weighted by molar-refractivity contribution is -0.148. The number of amides is 1. The highest BCUT2D eigenvalue weighted by molar-refractivity contribution is 7.13. The van der Waals surface area contributed by atoms with E-state index in [1.165, 1.54) is 18.4 Å². The molecule has 3 rings (SSSR count). The van der Waals surface area contributed by atoms with Crippen LogP contribution in [0.3, 0.4) is 0 Å². The number of benzene rings is 1. The van der Waals surface area contributed by atoms with Crippen molar-refractivity contribution in [3.8, 4) is 16.3 Å². The van der Waals surface area contributed by atoms with Gasteiger partial charge in [0.15, 0.2) is 0 Å². The number of methoxy groups -OCH3 is 1. The molecular weight excluding hydrogens is 376 g/mol. The number of hydrogen-bond donors (Lipinski definition) is 0. The van der Waals surface area contributed by atoms with Crippen molar-refractivity contribution in [1.29, 1.82) is 0 Å². The van der Waals surface area contributed by atoms with Crippen LogP contribution >= 0.6 is 11.3 Å². The van der Waals surface area contributed by atoms with Crippen molar-refractivity contribution in [3.63, 3.8) is 0 Å². The zero-order chi connectivity index (χ0) is 20.3. The van der Waals surface area contributed by atoms with Crippen molar-refractivity contribution < 1.29 is 19.1 Å². The Morgan fingerprint density at radius 3 is 2.57 bits per heavy atom. The molecule has 7 heteroatoms. The van der Waals surface area contributed by atoms with Crippen molar-refractivity contribution in [1.82, 2.24) is 9.88 Å². The monoisotopic (exact) mass is 402 g/mol. The predicted octanol–water partition coefficient (Wildman–Crippen LogP) is 3.87. The van der Waals surface area contributed by atoms with Gasteiger partial charge in [0.05, 0.1) is 19.1 Å². The van der Waals surface area contributed by atoms with Gasteiger partial charge in [-0.05, 0) is 50.5 Å². The van der Waals surface area contributed by atoms with Crippen LogP contribution in [0.4, 0.5) is 0 Å². The van der Waals surface area contributed by atoms with Crippen LogP contribution in [0.1, 0.15) is 37.7 Å². The van der Waals surface area contributed by atoms with E-state index in [0.29, 0.717) is 25.2 Å². The maximum absolute atomic E-state index is 12.8. The number of nitrogens with zero attached hydrogens (tertiary/aromatic N) is 2. The Bertz CT molecular complexity index is 831. The number of thiazole rings is 1. The van der Waals surface area contributed by atoms with Crippen LogP contribution in [-0.2, 0) is 9.53 Å². The molecule has 1 saturated heterocycles. The van der Waals surface area contributed by atoms with Crippen LogP contribution in [0.15, 0.2) is 29.6 Å². The van der Waals surface area contributed by atoms with Crippen LogP contribution in [0, 0.1) is 11.8 Å². The minimum atomic E-state index is -0.194. The maximum Gasteiger partial charge on any atom is 0.309 e. The van der Waals surface area contributed by atoms with E-state index in [1.54, 1.807) is 10.3 Å². The molecular formula is C21H26N2O4S. The van der Waals surface area contributed by atoms with E-state index < -0.39 is 0 Å². The highest BCUT2D eigenvalue weighted by Gasteiger charge is 2.34. The zero-order valence-corrected chi connectivity index (χ0v) is 17.5. The van der Waals surface area contributed by atoms with Crippen LogP contribution in [0.5, 0.6) is 5.75 Å². The minimum absolute atomic E-state index is 0.0664. The third-order valence-corrected chi connectivity index (χ3v) is 5.78. The van der Waals surface area contributed by atoms with Gasteiger partial charge >= 0.3 is 5.97 Å². The van der Waals surface area contributed by atoms with Gasteiger partial charge in [-0.1, -0.05) is 6.92 Å². The standard InChI is InChI=1S/C21H26N2O4S/c1-13(2)27-16-7-5-15(6-8-16)19-22-18(12-28-19)20(24)23-10-9-17(14(3)11-23)21(25)26-4/h5-8,12-14,17H,9-11H2,1-4H3/t14-,17+/m1/s1. The molecule has 2 heterocycles. The zero-order valence-electron chi connectivity index (χ0n) is 16.7. The molecule has 0 bridgehead atoms. The molecule has 1 aliphatic rings. The summed E-state index contributed by atoms with van der Waals surface area (Å²) in [4.78, 5) is 31.0. The number of carbonyl (C=O) groups is 2. The minimum Gasteiger partial charge on any atom is -0.491 e. The van der Waals surface area contributed by atoms with E-state index in [2.05, 4.69) is 4.98 Å². The smallest absolute Gasteiger partial charge is 0.309 e. The predicted molar refractivity (Wildman–Crippen MR) is 109 cm³/mol. The number of rotatable bonds is 5. The van der Waals surface area contributed by atoms with Gasteiger partial charge in [0.25, 0.3) is 5.91 Å². The van der Waals surface area contributed by atoms with E-state index in [1.807, 2.05) is 45.0 Å². The Kier molecular flexibility index (Phi) is 6.34. The summed E-state index contributed by atoms with van der Waals surface area (Å²) in [6.45, 7) is 7.03. The number of likely N-dealkylation sites (tertiary alicyclic amines) is 1. The summed E-state index contributed by atoms with van der Waals surface area (Å²) in [7, 11) is 1.41. The van der Waals surface area contributed by atoms with Gasteiger partial charge in [-0.15, -0.1) is 11.3 Å². The fraction of sp³-hybridized carbons (Fsp3) is 0.476. The average molecular weight is 403 g/mol. The summed E-state index contributed by atoms with van der Waals surface area (Å²) in [5.74, 6) is 0.454. The first kappa shape index (κ1) is 20.3. The van der Waals surface area contributed by atoms with Gasteiger partial charge in [-0.3, -0.25) is 9.59 Å². The Labute approximate surface area is 169 Å². The van der Waals surface area contributed by atoms with Crippen molar-refractivity contribution in [2.75, 3.05) is 20.2 Å². The number of esters is 1. The van der Waals surface area contributed by atoms with E-state index in [-0.39, 0.29) is 29.8 Å². The lowest BCUT2D eigenvalue weighted by Gasteiger charge is -2.35. The second-order valence-corrected chi connectivity index (χ2v) is 8.23. The SMILES string of the molecule is COC(=O)[C@H]1CCN(C(=O)c2csc(-c3ccc(OC(C)C)cc3)n2)C[C@H]1C. The number of carbonyl (C=O) groups excluding carboxylic acids is 2. The molecule has 2 aromatic rings. The van der Waals surface area contributed by atoms with Crippen LogP contribution < -0.4 is 4.74 Å². The molecule has 0 saturated carbocycles. The molecule has 0 N–H and O–H groups in total. The molecule has 0 aliphatic carbocycles. The Balaban J connectivity index is 1.67. The molecule has 1 amide bonds. The Morgan fingerprint density at radius 2 is 1.96 bits per heavy atom. The Morgan fingerprint density at radius 1 is 1.25 bits per heavy atom. The molecule has 0 radical (unpaired) electrons. The van der Waals surface area contributed by atoms with Gasteiger partial charge < -0.3 is 14.4 Å². The second-order valence-electron chi connectivity index (χ2n) is 7.38. The quantitative estimate of drug-likeness (QED) is 0.710. The van der Waals surface area contributed by atoms with Gasteiger partial charge in [-0.25, -0.2) is 4.98 Å². The summed E-state index contributed by atoms with van der Waals surface area (Å²) in [6.07, 6.45) is 0.745. The molecule has 6 nitrogen and oxygen atoms in total. The number of ether oxygens (including phenoxy) is 2. The van der Waals surface area contributed by atoms with Crippen LogP contribution in [0.25, 0.3) is 10.6 Å². The molecule has 150 valence electrons. The lowest BCUT2D eigenvalue weighted by Crippen LogP contribution is -2.45. The summed E-state index contributed by atoms with van der Waals surface area (Å²) >= 11 is 1.45. The van der Waals surface area contributed by atoms with Crippen molar-refractivity contribution in [2.24, 2.45) is 11.8 Å². The van der Waals surface area contributed by atoms with E-state index in [0.717, 1.165) is 16.3 Å². The van der Waals surface area contributed by atoms with Gasteiger partial charge in [0.2, 0.25) is 0 Å². The lowest BCUT2D eigenvalue weighted by atomic mass is 9.87. The Hall–Kier alpha value is -2.41. The molecule has 1 fully saturated rings. The van der Waals surface area contributed by atoms with Crippen molar-refractivity contribution in [3.05, 3.63) is 35.3 Å². The molecule has 0 unspecified atom stereocenters. The molecule has 1 aromatic heterocycles. The van der Waals surface area contributed by atoms with Gasteiger partial charge in [0.1, 0.15) is 16.5 Å². The summed E-state index contributed by atoms with van der Waals surface area (Å²) in [5.41, 5.74) is 1.41. The van der Waals surface area contributed by atoms with Crippen LogP contribution in [-0.4, -0.2) is 48.1 Å². The number of piperidine rings is 1. The number of hydrogen-bond acceptors (Lipinski definition) is 6. The molecule has 2 atom stereocenters. The average Bonchev–Trinajstić information content (AvgIpc) is 3.17. The first-order valence-electron chi connectivity index (χ1n) is 9.48. The molecule has 28 heavy (non-hydrogen) atoms. The first-order valence-corrected chi connectivity index (χ1v) is 10.4. The fourth-order valence-electron chi connectivity index (χ4n) is 3.45. The summed E-state index contributed by atoms with van der Waals surface area (Å²) in [5, 5.41) is 2.60. The molecule has 1 aromatic carbocycles. The second kappa shape index (κ2) is 8.73. The molecule has 0 spiro atoms. The summed E-state index contributed by atoms with van der Waals surface area (Å²) in [6, 6.07) is 7.73. The third-order valence-electron chi connectivity index (χ3n) is 4.89. The first-order chi connectivity index (χ1) is 13.4. The van der Waals surface area contributed by atoms with Crippen molar-refractivity contribution in [2.45, 2.75) is 33.3 Å².